The number of hydrogen-bond donors (Lipinski definition) is 1. The van der Waals surface area contributed by atoms with Crippen LogP contribution in [0.5, 0.6) is 0 Å². The highest BCUT2D eigenvalue weighted by atomic mass is 16.2. The molecule has 0 bridgehead atoms. The molecular formula is C14H24N4O. The maximum absolute atomic E-state index is 12.2. The van der Waals surface area contributed by atoms with Gasteiger partial charge in [-0.15, -0.1) is 0 Å². The number of likely N-dealkylation sites (N-methyl/N-ethyl adjacent to an activating group) is 1. The summed E-state index contributed by atoms with van der Waals surface area (Å²) in [5.74, 6) is 0.442. The molecule has 1 fully saturated rings. The van der Waals surface area contributed by atoms with E-state index in [0.29, 0.717) is 11.4 Å². The van der Waals surface area contributed by atoms with E-state index in [9.17, 15) is 4.79 Å². The molecule has 0 atom stereocenters. The number of anilines is 1. The molecule has 1 aliphatic rings. The van der Waals surface area contributed by atoms with E-state index in [1.807, 2.05) is 18.7 Å². The minimum absolute atomic E-state index is 0.0508. The second-order valence-electron chi connectivity index (χ2n) is 4.20. The van der Waals surface area contributed by atoms with Crippen molar-refractivity contribution >= 4 is 11.7 Å². The minimum Gasteiger partial charge on any atom is -0.384 e. The lowest BCUT2D eigenvalue weighted by molar-refractivity contribution is 0.0643. The van der Waals surface area contributed by atoms with Crippen LogP contribution in [0.2, 0.25) is 0 Å². The number of nitrogen functional groups attached to an aromatic ring is 1. The smallest absolute Gasteiger partial charge is 0.254 e. The van der Waals surface area contributed by atoms with Crippen molar-refractivity contribution in [2.75, 3.05) is 38.5 Å². The number of pyridine rings is 1. The van der Waals surface area contributed by atoms with Crippen molar-refractivity contribution in [3.8, 4) is 0 Å². The number of hydrogen-bond acceptors (Lipinski definition) is 4. The van der Waals surface area contributed by atoms with Gasteiger partial charge in [-0.3, -0.25) is 4.79 Å². The SMILES string of the molecule is CC.CCN1CCN(C(=O)c2ccnc(N)c2)CC1. The normalized spacial score (nSPS) is 15.6. The standard InChI is InChI=1S/C12H18N4O.C2H6/c1-2-15-5-7-16(8-6-15)12(17)10-3-4-14-11(13)9-10;1-2/h3-4,9H,2,5-8H2,1H3,(H2,13,14);1-2H3. The quantitative estimate of drug-likeness (QED) is 0.878. The minimum atomic E-state index is 0.0508. The van der Waals surface area contributed by atoms with Crippen LogP contribution in [-0.2, 0) is 0 Å². The van der Waals surface area contributed by atoms with Gasteiger partial charge in [-0.1, -0.05) is 20.8 Å². The number of aromatic nitrogens is 1. The molecule has 0 aliphatic carbocycles. The van der Waals surface area contributed by atoms with Crippen LogP contribution in [0.4, 0.5) is 5.82 Å². The van der Waals surface area contributed by atoms with Crippen LogP contribution in [-0.4, -0.2) is 53.4 Å². The van der Waals surface area contributed by atoms with Crippen LogP contribution < -0.4 is 5.73 Å². The lowest BCUT2D eigenvalue weighted by Gasteiger charge is -2.34. The first-order valence-corrected chi connectivity index (χ1v) is 6.94. The highest BCUT2D eigenvalue weighted by Crippen LogP contribution is 2.10. The summed E-state index contributed by atoms with van der Waals surface area (Å²) in [6, 6.07) is 3.35. The first-order chi connectivity index (χ1) is 9.20. The van der Waals surface area contributed by atoms with Crippen molar-refractivity contribution in [1.82, 2.24) is 14.8 Å². The van der Waals surface area contributed by atoms with Crippen molar-refractivity contribution in [2.45, 2.75) is 20.8 Å². The van der Waals surface area contributed by atoms with Crippen molar-refractivity contribution < 1.29 is 4.79 Å². The Balaban J connectivity index is 0.000000861. The van der Waals surface area contributed by atoms with Crippen molar-refractivity contribution in [3.63, 3.8) is 0 Å². The van der Waals surface area contributed by atoms with Crippen LogP contribution in [0.3, 0.4) is 0 Å². The fourth-order valence-electron chi connectivity index (χ4n) is 2.03. The maximum Gasteiger partial charge on any atom is 0.254 e. The number of nitrogens with two attached hydrogens (primary N) is 1. The molecule has 1 aromatic heterocycles. The summed E-state index contributed by atoms with van der Waals surface area (Å²) in [7, 11) is 0. The maximum atomic E-state index is 12.2. The molecule has 5 nitrogen and oxygen atoms in total. The Morgan fingerprint density at radius 2 is 1.95 bits per heavy atom. The van der Waals surface area contributed by atoms with Gasteiger partial charge in [0.15, 0.2) is 0 Å². The zero-order valence-electron chi connectivity index (χ0n) is 12.1. The predicted molar refractivity (Wildman–Crippen MR) is 78.0 cm³/mol. The Bertz CT molecular complexity index is 400. The summed E-state index contributed by atoms with van der Waals surface area (Å²) in [6.07, 6.45) is 1.57. The van der Waals surface area contributed by atoms with E-state index in [4.69, 9.17) is 5.73 Å². The number of amides is 1. The number of piperazine rings is 1. The highest BCUT2D eigenvalue weighted by Gasteiger charge is 2.21. The van der Waals surface area contributed by atoms with Gasteiger partial charge < -0.3 is 15.5 Å². The fraction of sp³-hybridized carbons (Fsp3) is 0.571. The molecule has 1 aliphatic heterocycles. The first kappa shape index (κ1) is 15.4. The van der Waals surface area contributed by atoms with E-state index in [2.05, 4.69) is 16.8 Å². The van der Waals surface area contributed by atoms with Crippen LogP contribution >= 0.6 is 0 Å². The second-order valence-corrected chi connectivity index (χ2v) is 4.20. The van der Waals surface area contributed by atoms with E-state index in [1.54, 1.807) is 18.3 Å². The molecule has 0 radical (unpaired) electrons. The van der Waals surface area contributed by atoms with Gasteiger partial charge in [0.1, 0.15) is 5.82 Å². The van der Waals surface area contributed by atoms with Crippen molar-refractivity contribution in [3.05, 3.63) is 23.9 Å². The molecule has 106 valence electrons. The van der Waals surface area contributed by atoms with E-state index in [-0.39, 0.29) is 5.91 Å². The largest absolute Gasteiger partial charge is 0.384 e. The molecule has 0 spiro atoms. The number of nitrogens with zero attached hydrogens (tertiary/aromatic N) is 3. The van der Waals surface area contributed by atoms with Gasteiger partial charge in [0.2, 0.25) is 0 Å². The molecule has 2 rings (SSSR count). The molecule has 2 N–H and O–H groups in total. The third-order valence-electron chi connectivity index (χ3n) is 3.13. The lowest BCUT2D eigenvalue weighted by Crippen LogP contribution is -2.48. The Morgan fingerprint density at radius 1 is 1.32 bits per heavy atom. The predicted octanol–water partition coefficient (Wildman–Crippen LogP) is 1.47. The van der Waals surface area contributed by atoms with Gasteiger partial charge in [0.25, 0.3) is 5.91 Å². The molecule has 5 heteroatoms. The summed E-state index contributed by atoms with van der Waals surface area (Å²) in [6.45, 7) is 10.7. The Hall–Kier alpha value is -1.62. The molecule has 19 heavy (non-hydrogen) atoms. The summed E-state index contributed by atoms with van der Waals surface area (Å²) in [5, 5.41) is 0. The third kappa shape index (κ3) is 4.21. The third-order valence-corrected chi connectivity index (χ3v) is 3.13. The second kappa shape index (κ2) is 7.74. The first-order valence-electron chi connectivity index (χ1n) is 6.94. The van der Waals surface area contributed by atoms with Gasteiger partial charge in [-0.2, -0.15) is 0 Å². The molecule has 0 aromatic carbocycles. The van der Waals surface area contributed by atoms with E-state index >= 15 is 0 Å². The van der Waals surface area contributed by atoms with E-state index in [0.717, 1.165) is 32.7 Å². The summed E-state index contributed by atoms with van der Waals surface area (Å²) >= 11 is 0. The molecule has 1 aromatic rings. The van der Waals surface area contributed by atoms with Crippen molar-refractivity contribution in [1.29, 1.82) is 0 Å². The summed E-state index contributed by atoms with van der Waals surface area (Å²) in [5.41, 5.74) is 6.21. The summed E-state index contributed by atoms with van der Waals surface area (Å²) in [4.78, 5) is 20.3. The van der Waals surface area contributed by atoms with Gasteiger partial charge in [0, 0.05) is 37.9 Å². The number of carbonyl (C=O) groups excluding carboxylic acids is 1. The fourth-order valence-corrected chi connectivity index (χ4v) is 2.03. The average Bonchev–Trinajstić information content (AvgIpc) is 2.48. The molecule has 1 saturated heterocycles. The monoisotopic (exact) mass is 264 g/mol. The van der Waals surface area contributed by atoms with Gasteiger partial charge >= 0.3 is 0 Å². The zero-order chi connectivity index (χ0) is 14.3. The molecule has 1 amide bonds. The number of carbonyl (C=O) groups is 1. The van der Waals surface area contributed by atoms with Crippen molar-refractivity contribution in [2.24, 2.45) is 0 Å². The van der Waals surface area contributed by atoms with E-state index in [1.165, 1.54) is 0 Å². The zero-order valence-corrected chi connectivity index (χ0v) is 12.1. The molecule has 0 unspecified atom stereocenters. The molecule has 2 heterocycles. The summed E-state index contributed by atoms with van der Waals surface area (Å²) < 4.78 is 0. The Morgan fingerprint density at radius 3 is 2.47 bits per heavy atom. The Kier molecular flexibility index (Phi) is 6.29. The van der Waals surface area contributed by atoms with Gasteiger partial charge in [-0.25, -0.2) is 4.98 Å². The topological polar surface area (TPSA) is 62.5 Å². The van der Waals surface area contributed by atoms with Gasteiger partial charge in [0.05, 0.1) is 0 Å². The van der Waals surface area contributed by atoms with Crippen LogP contribution in [0.25, 0.3) is 0 Å². The number of rotatable bonds is 2. The Labute approximate surface area is 115 Å². The van der Waals surface area contributed by atoms with Crippen LogP contribution in [0.1, 0.15) is 31.1 Å². The van der Waals surface area contributed by atoms with Crippen LogP contribution in [0.15, 0.2) is 18.3 Å². The molecule has 0 saturated carbocycles. The van der Waals surface area contributed by atoms with Crippen LogP contribution in [0, 0.1) is 0 Å². The average molecular weight is 264 g/mol. The lowest BCUT2D eigenvalue weighted by atomic mass is 10.2. The van der Waals surface area contributed by atoms with Gasteiger partial charge in [-0.05, 0) is 18.7 Å². The highest BCUT2D eigenvalue weighted by molar-refractivity contribution is 5.94. The van der Waals surface area contributed by atoms with E-state index < -0.39 is 0 Å². The molecular weight excluding hydrogens is 240 g/mol.